The molecule has 0 saturated heterocycles. The van der Waals surface area contributed by atoms with Crippen LogP contribution < -0.4 is 21.7 Å². The molecule has 0 amide bonds. The number of aromatic hydroxyl groups is 1. The van der Waals surface area contributed by atoms with Crippen molar-refractivity contribution in [1.82, 2.24) is 5.32 Å². The summed E-state index contributed by atoms with van der Waals surface area (Å²) in [6, 6.07) is 17.3. The number of nitro benzene ring substituents is 1. The van der Waals surface area contributed by atoms with Crippen molar-refractivity contribution in [2.45, 2.75) is 38.0 Å². The maximum atomic E-state index is 13.4. The minimum Gasteiger partial charge on any atom is -0.872 e. The average Bonchev–Trinajstić information content (AvgIpc) is 3.30. The van der Waals surface area contributed by atoms with Gasteiger partial charge in [0, 0.05) is 29.5 Å². The molecule has 0 aliphatic carbocycles. The number of para-hydroxylation sites is 2. The van der Waals surface area contributed by atoms with E-state index in [9.17, 15) is 29.9 Å². The quantitative estimate of drug-likeness (QED) is 0.127. The Bertz CT molecular complexity index is 1930. The monoisotopic (exact) mass is 609 g/mol. The van der Waals surface area contributed by atoms with E-state index in [2.05, 4.69) is 9.89 Å². The molecule has 2 aliphatic heterocycles. The Balaban J connectivity index is 0.000000272. The fourth-order valence-electron chi connectivity index (χ4n) is 6.05. The summed E-state index contributed by atoms with van der Waals surface area (Å²) in [7, 11) is 0. The van der Waals surface area contributed by atoms with Gasteiger partial charge in [0.2, 0.25) is 5.84 Å². The molecule has 1 atom stereocenters. The lowest BCUT2D eigenvalue weighted by Crippen LogP contribution is -2.35. The highest BCUT2D eigenvalue weighted by Crippen LogP contribution is 2.41. The third-order valence-corrected chi connectivity index (χ3v) is 8.29. The van der Waals surface area contributed by atoms with E-state index in [1.807, 2.05) is 0 Å². The topological polar surface area (TPSA) is 162 Å². The molecule has 7 rings (SSSR count). The van der Waals surface area contributed by atoms with Crippen LogP contribution in [-0.4, -0.2) is 40.1 Å². The molecule has 0 bridgehead atoms. The average molecular weight is 610 g/mol. The predicted octanol–water partition coefficient (Wildman–Crippen LogP) is 4.73. The first-order chi connectivity index (χ1) is 21.8. The summed E-state index contributed by atoms with van der Waals surface area (Å²) in [5.41, 5.74) is -2.61. The lowest BCUT2D eigenvalue weighted by Gasteiger charge is -2.23. The number of nitro groups is 1. The van der Waals surface area contributed by atoms with Gasteiger partial charge in [-0.25, -0.2) is 9.59 Å². The highest BCUT2D eigenvalue weighted by atomic mass is 16.6. The molecule has 1 unspecified atom stereocenters. The first kappa shape index (κ1) is 29.6. The van der Waals surface area contributed by atoms with E-state index in [1.165, 1.54) is 106 Å². The standard InChI is InChI=1S/C25H15NO8.C9H16N2/c27-22-15-5-1-3-7-17(15)33-24(29)20(22)19(13-9-11-14(12-10-13)26(31)32)21-23(28)16-6-2-4-8-18(16)34-25(21)30;1-3-7-11-8-4-2-6-10-9(11)5-1/h1-12,19,27-28H;1-8H2. The Kier molecular flexibility index (Phi) is 8.33. The van der Waals surface area contributed by atoms with E-state index in [1.54, 1.807) is 24.3 Å². The zero-order valence-corrected chi connectivity index (χ0v) is 24.4. The smallest absolute Gasteiger partial charge is 0.344 e. The second kappa shape index (κ2) is 12.7. The van der Waals surface area contributed by atoms with Crippen LogP contribution in [0.2, 0.25) is 0 Å². The minimum absolute atomic E-state index is 0.0680. The number of hydrogen-bond acceptors (Lipinski definition) is 9. The van der Waals surface area contributed by atoms with Gasteiger partial charge in [-0.15, -0.1) is 0 Å². The van der Waals surface area contributed by atoms with Gasteiger partial charge in [0.25, 0.3) is 5.69 Å². The van der Waals surface area contributed by atoms with Gasteiger partial charge in [0.05, 0.1) is 41.4 Å². The van der Waals surface area contributed by atoms with Gasteiger partial charge in [-0.3, -0.25) is 20.0 Å². The summed E-state index contributed by atoms with van der Waals surface area (Å²) in [5, 5.41) is 39.4. The summed E-state index contributed by atoms with van der Waals surface area (Å²) in [6.07, 6.45) is 6.79. The van der Waals surface area contributed by atoms with Gasteiger partial charge < -0.3 is 19.0 Å². The Morgan fingerprint density at radius 3 is 2.09 bits per heavy atom. The van der Waals surface area contributed by atoms with E-state index in [0.717, 1.165) is 0 Å². The van der Waals surface area contributed by atoms with Crippen LogP contribution in [0, 0.1) is 10.1 Å². The molecule has 11 nitrogen and oxygen atoms in total. The van der Waals surface area contributed by atoms with E-state index in [-0.39, 0.29) is 38.8 Å². The molecule has 230 valence electrons. The lowest BCUT2D eigenvalue weighted by molar-refractivity contribution is -0.534. The Morgan fingerprint density at radius 2 is 1.40 bits per heavy atom. The van der Waals surface area contributed by atoms with Crippen LogP contribution >= 0.6 is 0 Å². The fraction of sp³-hybridized carbons (Fsp3) is 0.265. The number of nitrogens with zero attached hydrogens (tertiary/aromatic N) is 2. The first-order valence-electron chi connectivity index (χ1n) is 14.9. The van der Waals surface area contributed by atoms with Crippen LogP contribution in [0.4, 0.5) is 5.69 Å². The second-order valence-corrected chi connectivity index (χ2v) is 11.1. The highest BCUT2D eigenvalue weighted by Gasteiger charge is 2.30. The van der Waals surface area contributed by atoms with Crippen molar-refractivity contribution in [3.05, 3.63) is 120 Å². The highest BCUT2D eigenvalue weighted by molar-refractivity contribution is 5.86. The van der Waals surface area contributed by atoms with Crippen molar-refractivity contribution in [2.75, 3.05) is 19.6 Å². The molecule has 0 spiro atoms. The molecule has 0 fully saturated rings. The number of rotatable bonds is 4. The number of nitrogens with one attached hydrogen (secondary N) is 1. The normalized spacial score (nSPS) is 15.4. The molecule has 2 aromatic heterocycles. The van der Waals surface area contributed by atoms with Gasteiger partial charge in [0.1, 0.15) is 16.9 Å². The molecule has 11 heteroatoms. The molecular weight excluding hydrogens is 578 g/mol. The molecular formula is C34H31N3O8. The minimum atomic E-state index is -1.41. The van der Waals surface area contributed by atoms with Crippen molar-refractivity contribution in [1.29, 1.82) is 0 Å². The summed E-state index contributed by atoms with van der Waals surface area (Å²) >= 11 is 0. The Hall–Kier alpha value is -5.45. The third-order valence-electron chi connectivity index (χ3n) is 8.29. The third kappa shape index (κ3) is 5.88. The van der Waals surface area contributed by atoms with Crippen molar-refractivity contribution in [2.24, 2.45) is 0 Å². The zero-order chi connectivity index (χ0) is 31.5. The second-order valence-electron chi connectivity index (χ2n) is 11.1. The van der Waals surface area contributed by atoms with Crippen LogP contribution in [0.25, 0.3) is 21.9 Å². The molecule has 2 N–H and O–H groups in total. The molecule has 2 aliphatic rings. The van der Waals surface area contributed by atoms with Crippen molar-refractivity contribution in [3.8, 4) is 11.5 Å². The van der Waals surface area contributed by atoms with Gasteiger partial charge in [-0.1, -0.05) is 48.2 Å². The van der Waals surface area contributed by atoms with Gasteiger partial charge in [0.15, 0.2) is 0 Å². The number of amidine groups is 1. The first-order valence-corrected chi connectivity index (χ1v) is 14.9. The van der Waals surface area contributed by atoms with Crippen LogP contribution in [0.15, 0.2) is 91.2 Å². The lowest BCUT2D eigenvalue weighted by atomic mass is 9.84. The Labute approximate surface area is 256 Å². The summed E-state index contributed by atoms with van der Waals surface area (Å²) in [5.74, 6) is -1.05. The molecule has 0 saturated carbocycles. The van der Waals surface area contributed by atoms with E-state index in [4.69, 9.17) is 8.83 Å². The molecule has 5 aromatic rings. The summed E-state index contributed by atoms with van der Waals surface area (Å²) < 4.78 is 13.3. The van der Waals surface area contributed by atoms with Crippen LogP contribution in [0.5, 0.6) is 11.5 Å². The molecule has 45 heavy (non-hydrogen) atoms. The van der Waals surface area contributed by atoms with Crippen molar-refractivity contribution >= 4 is 33.5 Å². The maximum absolute atomic E-state index is 13.4. The number of non-ortho nitro benzene ring substituents is 1. The summed E-state index contributed by atoms with van der Waals surface area (Å²) in [4.78, 5) is 36.6. The van der Waals surface area contributed by atoms with Gasteiger partial charge in [-0.05, 0) is 49.4 Å². The summed E-state index contributed by atoms with van der Waals surface area (Å²) in [6.45, 7) is 3.79. The molecule has 0 radical (unpaired) electrons. The van der Waals surface area contributed by atoms with Crippen LogP contribution in [0.3, 0.4) is 0 Å². The molecule has 4 heterocycles. The van der Waals surface area contributed by atoms with E-state index in [0.29, 0.717) is 0 Å². The number of fused-ring (bicyclic) bond motifs is 2. The maximum Gasteiger partial charge on any atom is 0.344 e. The zero-order valence-electron chi connectivity index (χ0n) is 24.4. The molecule has 3 aromatic carbocycles. The Morgan fingerprint density at radius 1 is 0.800 bits per heavy atom. The fourth-order valence-corrected chi connectivity index (χ4v) is 6.05. The van der Waals surface area contributed by atoms with Crippen LogP contribution in [-0.2, 0) is 0 Å². The van der Waals surface area contributed by atoms with Crippen molar-refractivity contribution < 1.29 is 28.5 Å². The van der Waals surface area contributed by atoms with Gasteiger partial charge >= 0.3 is 11.3 Å². The number of hydrogen-bond donors (Lipinski definition) is 2. The van der Waals surface area contributed by atoms with E-state index >= 15 is 0 Å². The number of benzene rings is 3. The predicted molar refractivity (Wildman–Crippen MR) is 166 cm³/mol. The van der Waals surface area contributed by atoms with Crippen molar-refractivity contribution in [3.63, 3.8) is 0 Å². The van der Waals surface area contributed by atoms with Gasteiger partial charge in [-0.2, -0.15) is 0 Å². The van der Waals surface area contributed by atoms with E-state index < -0.39 is 39.2 Å². The largest absolute Gasteiger partial charge is 0.872 e. The SMILES string of the molecule is C1CC[N+]2=C(CCCC2)NC1.O=c1oc2ccccc2c([O-])c1C(c1ccc([N+](=O)[O-])cc1)c1c(O)c2ccccc2oc1=O. The van der Waals surface area contributed by atoms with Crippen LogP contribution in [0.1, 0.15) is 54.7 Å².